The molecule has 0 aliphatic rings. The number of hydrogen-bond acceptors (Lipinski definition) is 2. The van der Waals surface area contributed by atoms with E-state index in [1.807, 2.05) is 50.2 Å². The zero-order valence-corrected chi connectivity index (χ0v) is 11.9. The van der Waals surface area contributed by atoms with Gasteiger partial charge in [0.1, 0.15) is 0 Å². The average Bonchev–Trinajstić information content (AvgIpc) is 2.38. The van der Waals surface area contributed by atoms with Gasteiger partial charge in [-0.2, -0.15) is 0 Å². The molecule has 0 saturated heterocycles. The van der Waals surface area contributed by atoms with E-state index >= 15 is 0 Å². The van der Waals surface area contributed by atoms with Crippen molar-refractivity contribution in [3.8, 4) is 0 Å². The topological polar surface area (TPSA) is 30.0 Å². The number of aryl methyl sites for hydroxylation is 1. The lowest BCUT2D eigenvalue weighted by molar-refractivity contribution is 0.0964. The fourth-order valence-corrected chi connectivity index (χ4v) is 2.38. The van der Waals surface area contributed by atoms with E-state index in [0.29, 0.717) is 0 Å². The molecule has 0 radical (unpaired) electrons. The van der Waals surface area contributed by atoms with Crippen molar-refractivity contribution in [3.05, 3.63) is 63.9 Å². The molecule has 1 atom stereocenters. The maximum Gasteiger partial charge on any atom is 0.171 e. The van der Waals surface area contributed by atoms with Crippen LogP contribution in [0.15, 0.2) is 47.1 Å². The number of rotatable bonds is 3. The van der Waals surface area contributed by atoms with E-state index in [1.54, 1.807) is 6.20 Å². The van der Waals surface area contributed by atoms with E-state index in [1.165, 1.54) is 0 Å². The highest BCUT2D eigenvalue weighted by Crippen LogP contribution is 2.23. The van der Waals surface area contributed by atoms with Gasteiger partial charge in [0.25, 0.3) is 0 Å². The van der Waals surface area contributed by atoms with Crippen molar-refractivity contribution < 1.29 is 4.79 Å². The molecule has 0 bridgehead atoms. The van der Waals surface area contributed by atoms with E-state index in [-0.39, 0.29) is 11.7 Å². The fraction of sp³-hybridized carbons (Fsp3) is 0.200. The molecular weight excluding hydrogens is 290 g/mol. The van der Waals surface area contributed by atoms with Gasteiger partial charge in [-0.15, -0.1) is 0 Å². The van der Waals surface area contributed by atoms with Gasteiger partial charge in [-0.1, -0.05) is 28.1 Å². The third-order valence-corrected chi connectivity index (χ3v) is 3.47. The highest BCUT2D eigenvalue weighted by Gasteiger charge is 2.19. The highest BCUT2D eigenvalue weighted by atomic mass is 79.9. The maximum absolute atomic E-state index is 12.4. The molecule has 3 heteroatoms. The molecule has 2 aromatic rings. The first kappa shape index (κ1) is 13.0. The lowest BCUT2D eigenvalue weighted by Gasteiger charge is -2.12. The molecule has 1 heterocycles. The Labute approximate surface area is 115 Å². The van der Waals surface area contributed by atoms with Crippen LogP contribution in [0.3, 0.4) is 0 Å². The molecule has 1 aromatic heterocycles. The lowest BCUT2D eigenvalue weighted by atomic mass is 9.93. The van der Waals surface area contributed by atoms with Crippen LogP contribution >= 0.6 is 15.9 Å². The van der Waals surface area contributed by atoms with Crippen LogP contribution in [-0.4, -0.2) is 10.8 Å². The number of nitrogens with zero attached hydrogens (tertiary/aromatic N) is 1. The van der Waals surface area contributed by atoms with Gasteiger partial charge in [-0.25, -0.2) is 0 Å². The Balaban J connectivity index is 2.32. The first-order chi connectivity index (χ1) is 8.59. The van der Waals surface area contributed by atoms with E-state index in [2.05, 4.69) is 20.9 Å². The number of pyridine rings is 1. The summed E-state index contributed by atoms with van der Waals surface area (Å²) in [5.41, 5.74) is 2.55. The molecule has 0 fully saturated rings. The number of hydrogen-bond donors (Lipinski definition) is 0. The van der Waals surface area contributed by atoms with Crippen molar-refractivity contribution in [3.63, 3.8) is 0 Å². The minimum Gasteiger partial charge on any atom is -0.293 e. The molecule has 18 heavy (non-hydrogen) atoms. The smallest absolute Gasteiger partial charge is 0.171 e. The van der Waals surface area contributed by atoms with Gasteiger partial charge in [0, 0.05) is 16.2 Å². The second kappa shape index (κ2) is 5.44. The van der Waals surface area contributed by atoms with Crippen molar-refractivity contribution >= 4 is 21.7 Å². The van der Waals surface area contributed by atoms with Crippen molar-refractivity contribution in [2.75, 3.05) is 0 Å². The van der Waals surface area contributed by atoms with Gasteiger partial charge in [0.05, 0.1) is 11.6 Å². The summed E-state index contributed by atoms with van der Waals surface area (Å²) in [5, 5.41) is 0. The summed E-state index contributed by atoms with van der Waals surface area (Å²) < 4.78 is 0.988. The Morgan fingerprint density at radius 1 is 1.28 bits per heavy atom. The highest BCUT2D eigenvalue weighted by molar-refractivity contribution is 9.10. The van der Waals surface area contributed by atoms with E-state index in [9.17, 15) is 4.79 Å². The van der Waals surface area contributed by atoms with Crippen molar-refractivity contribution in [1.29, 1.82) is 0 Å². The van der Waals surface area contributed by atoms with Crippen LogP contribution in [0.1, 0.15) is 34.5 Å². The van der Waals surface area contributed by atoms with Gasteiger partial charge in [-0.05, 0) is 43.7 Å². The number of Topliss-reactive ketones (excluding diaryl/α,β-unsaturated/α-hetero) is 1. The Morgan fingerprint density at radius 2 is 2.06 bits per heavy atom. The Morgan fingerprint density at radius 3 is 2.67 bits per heavy atom. The second-order valence-corrected chi connectivity index (χ2v) is 5.22. The van der Waals surface area contributed by atoms with Crippen LogP contribution in [0.4, 0.5) is 0 Å². The van der Waals surface area contributed by atoms with Gasteiger partial charge in [-0.3, -0.25) is 9.78 Å². The summed E-state index contributed by atoms with van der Waals surface area (Å²) in [6.07, 6.45) is 1.72. The number of carbonyl (C=O) groups is 1. The van der Waals surface area contributed by atoms with Crippen molar-refractivity contribution in [2.24, 2.45) is 0 Å². The summed E-state index contributed by atoms with van der Waals surface area (Å²) in [6.45, 7) is 3.84. The molecule has 92 valence electrons. The molecule has 0 aliphatic carbocycles. The number of ketones is 1. The third kappa shape index (κ3) is 2.67. The molecular formula is C15H14BrNO. The zero-order chi connectivity index (χ0) is 13.1. The minimum atomic E-state index is -0.217. The molecule has 2 rings (SSSR count). The van der Waals surface area contributed by atoms with Gasteiger partial charge < -0.3 is 0 Å². The SMILES string of the molecule is Cc1cc(Br)ccc1C(=O)C(C)c1ccccn1. The quantitative estimate of drug-likeness (QED) is 0.798. The first-order valence-corrected chi connectivity index (χ1v) is 6.60. The van der Waals surface area contributed by atoms with Crippen LogP contribution in [0.5, 0.6) is 0 Å². The summed E-state index contributed by atoms with van der Waals surface area (Å²) >= 11 is 3.40. The molecule has 0 aliphatic heterocycles. The zero-order valence-electron chi connectivity index (χ0n) is 10.4. The molecule has 1 aromatic carbocycles. The fourth-order valence-electron chi connectivity index (χ4n) is 1.90. The van der Waals surface area contributed by atoms with Crippen LogP contribution in [0.25, 0.3) is 0 Å². The normalized spacial score (nSPS) is 12.2. The Kier molecular flexibility index (Phi) is 3.92. The Bertz CT molecular complexity index is 566. The number of halogens is 1. The van der Waals surface area contributed by atoms with Gasteiger partial charge in [0.15, 0.2) is 5.78 Å². The van der Waals surface area contributed by atoms with E-state index in [4.69, 9.17) is 0 Å². The monoisotopic (exact) mass is 303 g/mol. The molecule has 0 saturated carbocycles. The number of benzene rings is 1. The molecule has 0 N–H and O–H groups in total. The van der Waals surface area contributed by atoms with Crippen molar-refractivity contribution in [1.82, 2.24) is 4.98 Å². The molecule has 1 unspecified atom stereocenters. The predicted octanol–water partition coefficient (Wildman–Crippen LogP) is 4.14. The van der Waals surface area contributed by atoms with Crippen LogP contribution in [0, 0.1) is 6.92 Å². The van der Waals surface area contributed by atoms with Crippen molar-refractivity contribution in [2.45, 2.75) is 19.8 Å². The molecule has 2 nitrogen and oxygen atoms in total. The minimum absolute atomic E-state index is 0.110. The second-order valence-electron chi connectivity index (χ2n) is 4.30. The third-order valence-electron chi connectivity index (χ3n) is 2.98. The van der Waals surface area contributed by atoms with Crippen LogP contribution < -0.4 is 0 Å². The molecule has 0 spiro atoms. The standard InChI is InChI=1S/C15H14BrNO/c1-10-9-12(16)6-7-13(10)15(18)11(2)14-5-3-4-8-17-14/h3-9,11H,1-2H3. The number of aromatic nitrogens is 1. The Hall–Kier alpha value is -1.48. The maximum atomic E-state index is 12.4. The van der Waals surface area contributed by atoms with E-state index < -0.39 is 0 Å². The van der Waals surface area contributed by atoms with Gasteiger partial charge in [0.2, 0.25) is 0 Å². The predicted molar refractivity (Wildman–Crippen MR) is 75.9 cm³/mol. The van der Waals surface area contributed by atoms with Crippen LogP contribution in [0.2, 0.25) is 0 Å². The summed E-state index contributed by atoms with van der Waals surface area (Å²) in [7, 11) is 0. The van der Waals surface area contributed by atoms with Gasteiger partial charge >= 0.3 is 0 Å². The average molecular weight is 304 g/mol. The largest absolute Gasteiger partial charge is 0.293 e. The van der Waals surface area contributed by atoms with Crippen LogP contribution in [-0.2, 0) is 0 Å². The summed E-state index contributed by atoms with van der Waals surface area (Å²) in [6, 6.07) is 11.4. The lowest BCUT2D eigenvalue weighted by Crippen LogP contribution is -2.12. The van der Waals surface area contributed by atoms with E-state index in [0.717, 1.165) is 21.3 Å². The first-order valence-electron chi connectivity index (χ1n) is 5.81. The molecule has 0 amide bonds. The summed E-state index contributed by atoms with van der Waals surface area (Å²) in [5.74, 6) is -0.107. The number of carbonyl (C=O) groups excluding carboxylic acids is 1. The summed E-state index contributed by atoms with van der Waals surface area (Å²) in [4.78, 5) is 16.7.